The molecule has 1 atom stereocenters. The maximum Gasteiger partial charge on any atom is 0.338 e. The largest absolute Gasteiger partial charge is 0.497 e. The predicted octanol–water partition coefficient (Wildman–Crippen LogP) is 2.77. The van der Waals surface area contributed by atoms with E-state index in [0.29, 0.717) is 22.6 Å². The topological polar surface area (TPSA) is 76.7 Å². The van der Waals surface area contributed by atoms with Crippen LogP contribution >= 0.6 is 0 Å². The first-order valence-corrected chi connectivity index (χ1v) is 7.83. The number of rotatable bonds is 4. The van der Waals surface area contributed by atoms with Crippen molar-refractivity contribution in [3.8, 4) is 5.75 Å². The number of urea groups is 1. The van der Waals surface area contributed by atoms with Crippen molar-refractivity contribution >= 4 is 17.7 Å². The molecule has 0 fully saturated rings. The average molecular weight is 356 g/mol. The maximum absolute atomic E-state index is 13.3. The van der Waals surface area contributed by atoms with E-state index in [-0.39, 0.29) is 5.57 Å². The molecule has 1 aliphatic heterocycles. The van der Waals surface area contributed by atoms with Crippen LogP contribution < -0.4 is 15.4 Å². The Hall–Kier alpha value is -3.35. The van der Waals surface area contributed by atoms with Gasteiger partial charge in [-0.25, -0.2) is 14.0 Å². The fraction of sp³-hybridized carbons (Fsp3) is 0.158. The fourth-order valence-electron chi connectivity index (χ4n) is 2.79. The molecule has 2 N–H and O–H groups in total. The zero-order valence-electron chi connectivity index (χ0n) is 14.2. The number of halogens is 1. The van der Waals surface area contributed by atoms with Crippen LogP contribution in [0.25, 0.3) is 5.70 Å². The molecule has 134 valence electrons. The van der Waals surface area contributed by atoms with Crippen LogP contribution in [-0.4, -0.2) is 26.2 Å². The highest BCUT2D eigenvalue weighted by atomic mass is 19.1. The number of esters is 1. The lowest BCUT2D eigenvalue weighted by molar-refractivity contribution is -0.136. The van der Waals surface area contributed by atoms with Gasteiger partial charge in [-0.1, -0.05) is 12.1 Å². The van der Waals surface area contributed by atoms with Crippen molar-refractivity contribution < 1.29 is 23.5 Å². The van der Waals surface area contributed by atoms with Gasteiger partial charge in [-0.15, -0.1) is 0 Å². The quantitative estimate of drug-likeness (QED) is 0.826. The summed E-state index contributed by atoms with van der Waals surface area (Å²) in [6, 6.07) is 11.2. The molecule has 7 heteroatoms. The standard InChI is InChI=1S/C19H17FN2O4/c1-25-14-9-5-12(6-10-14)17-15(18(23)26-2)16(21-19(24)22-17)11-3-7-13(20)8-4-11/h3-10,16H,1-2H3,(H2,21,22,24). The van der Waals surface area contributed by atoms with Crippen molar-refractivity contribution in [2.24, 2.45) is 0 Å². The summed E-state index contributed by atoms with van der Waals surface area (Å²) in [5.74, 6) is -0.366. The third-order valence-electron chi connectivity index (χ3n) is 4.06. The summed E-state index contributed by atoms with van der Waals surface area (Å²) in [7, 11) is 2.81. The fourth-order valence-corrected chi connectivity index (χ4v) is 2.79. The van der Waals surface area contributed by atoms with Gasteiger partial charge in [-0.2, -0.15) is 0 Å². The Balaban J connectivity index is 2.15. The van der Waals surface area contributed by atoms with Crippen molar-refractivity contribution in [2.45, 2.75) is 6.04 Å². The van der Waals surface area contributed by atoms with Crippen LogP contribution in [0, 0.1) is 5.82 Å². The molecule has 0 aliphatic carbocycles. The van der Waals surface area contributed by atoms with Gasteiger partial charge in [0.2, 0.25) is 0 Å². The zero-order chi connectivity index (χ0) is 18.7. The summed E-state index contributed by atoms with van der Waals surface area (Å²) in [4.78, 5) is 24.6. The van der Waals surface area contributed by atoms with Crippen molar-refractivity contribution in [1.29, 1.82) is 0 Å². The number of hydrogen-bond donors (Lipinski definition) is 2. The molecule has 1 aliphatic rings. The number of nitrogens with one attached hydrogen (secondary N) is 2. The first-order chi connectivity index (χ1) is 12.5. The van der Waals surface area contributed by atoms with Gasteiger partial charge >= 0.3 is 12.0 Å². The molecule has 1 heterocycles. The molecule has 0 aromatic heterocycles. The molecule has 2 aromatic rings. The highest BCUT2D eigenvalue weighted by Gasteiger charge is 2.34. The molecule has 0 spiro atoms. The van der Waals surface area contributed by atoms with Gasteiger partial charge in [0.15, 0.2) is 0 Å². The van der Waals surface area contributed by atoms with Crippen LogP contribution in [0.3, 0.4) is 0 Å². The second-order valence-corrected chi connectivity index (χ2v) is 5.59. The van der Waals surface area contributed by atoms with Gasteiger partial charge in [-0.05, 0) is 47.5 Å². The second kappa shape index (κ2) is 7.26. The summed E-state index contributed by atoms with van der Waals surface area (Å²) in [5, 5.41) is 5.34. The zero-order valence-corrected chi connectivity index (χ0v) is 14.2. The van der Waals surface area contributed by atoms with Gasteiger partial charge in [0.05, 0.1) is 31.5 Å². The van der Waals surface area contributed by atoms with Crippen molar-refractivity contribution in [3.05, 3.63) is 71.0 Å². The van der Waals surface area contributed by atoms with Crippen molar-refractivity contribution in [1.82, 2.24) is 10.6 Å². The summed E-state index contributed by atoms with van der Waals surface area (Å²) in [6.07, 6.45) is 0. The Morgan fingerprint density at radius 1 is 1.04 bits per heavy atom. The monoisotopic (exact) mass is 356 g/mol. The van der Waals surface area contributed by atoms with E-state index in [9.17, 15) is 14.0 Å². The van der Waals surface area contributed by atoms with Crippen LogP contribution in [0.15, 0.2) is 54.1 Å². The molecule has 2 amide bonds. The molecular weight excluding hydrogens is 339 g/mol. The molecule has 2 aromatic carbocycles. The van der Waals surface area contributed by atoms with E-state index in [1.807, 2.05) is 0 Å². The first-order valence-electron chi connectivity index (χ1n) is 7.83. The molecule has 1 unspecified atom stereocenters. The first kappa shape index (κ1) is 17.5. The molecule has 3 rings (SSSR count). The molecule has 0 bridgehead atoms. The third-order valence-corrected chi connectivity index (χ3v) is 4.06. The summed E-state index contributed by atoms with van der Waals surface area (Å²) in [6.45, 7) is 0. The number of methoxy groups -OCH3 is 2. The number of benzene rings is 2. The summed E-state index contributed by atoms with van der Waals surface area (Å²) < 4.78 is 23.3. The number of hydrogen-bond acceptors (Lipinski definition) is 4. The van der Waals surface area contributed by atoms with Gasteiger partial charge in [0.1, 0.15) is 11.6 Å². The Bertz CT molecular complexity index is 860. The molecule has 0 radical (unpaired) electrons. The molecular formula is C19H17FN2O4. The van der Waals surface area contributed by atoms with Gasteiger partial charge in [0.25, 0.3) is 0 Å². The smallest absolute Gasteiger partial charge is 0.338 e. The van der Waals surface area contributed by atoms with E-state index in [4.69, 9.17) is 9.47 Å². The molecule has 0 saturated carbocycles. The Kier molecular flexibility index (Phi) is 4.88. The molecule has 26 heavy (non-hydrogen) atoms. The minimum absolute atomic E-state index is 0.226. The third kappa shape index (κ3) is 3.37. The summed E-state index contributed by atoms with van der Waals surface area (Å²) >= 11 is 0. The molecule has 6 nitrogen and oxygen atoms in total. The van der Waals surface area contributed by atoms with Gasteiger partial charge < -0.3 is 20.1 Å². The van der Waals surface area contributed by atoms with Crippen LogP contribution in [0.2, 0.25) is 0 Å². The van der Waals surface area contributed by atoms with E-state index in [0.717, 1.165) is 0 Å². The van der Waals surface area contributed by atoms with E-state index < -0.39 is 23.9 Å². The SMILES string of the molecule is COC(=O)C1=C(c2ccc(OC)cc2)NC(=O)NC1c1ccc(F)cc1. The number of ether oxygens (including phenoxy) is 2. The highest BCUT2D eigenvalue weighted by Crippen LogP contribution is 2.32. The van der Waals surface area contributed by atoms with Gasteiger partial charge in [0, 0.05) is 0 Å². The Labute approximate surface area is 149 Å². The average Bonchev–Trinajstić information content (AvgIpc) is 2.67. The van der Waals surface area contributed by atoms with Crippen molar-refractivity contribution in [2.75, 3.05) is 14.2 Å². The van der Waals surface area contributed by atoms with E-state index >= 15 is 0 Å². The normalized spacial score (nSPS) is 16.6. The van der Waals surface area contributed by atoms with Crippen molar-refractivity contribution in [3.63, 3.8) is 0 Å². The molecule has 0 saturated heterocycles. The highest BCUT2D eigenvalue weighted by molar-refractivity contribution is 6.04. The minimum atomic E-state index is -0.770. The lowest BCUT2D eigenvalue weighted by atomic mass is 9.92. The lowest BCUT2D eigenvalue weighted by Crippen LogP contribution is -2.45. The van der Waals surface area contributed by atoms with E-state index in [2.05, 4.69) is 10.6 Å². The maximum atomic E-state index is 13.3. The lowest BCUT2D eigenvalue weighted by Gasteiger charge is -2.29. The van der Waals surface area contributed by atoms with Crippen LogP contribution in [0.1, 0.15) is 17.2 Å². The predicted molar refractivity (Wildman–Crippen MR) is 92.7 cm³/mol. The van der Waals surface area contributed by atoms with Crippen LogP contribution in [-0.2, 0) is 9.53 Å². The number of carbonyl (C=O) groups is 2. The van der Waals surface area contributed by atoms with Crippen LogP contribution in [0.4, 0.5) is 9.18 Å². The Morgan fingerprint density at radius 2 is 1.69 bits per heavy atom. The summed E-state index contributed by atoms with van der Waals surface area (Å²) in [5.41, 5.74) is 1.74. The number of carbonyl (C=O) groups excluding carboxylic acids is 2. The van der Waals surface area contributed by atoms with E-state index in [1.54, 1.807) is 31.4 Å². The van der Waals surface area contributed by atoms with Crippen LogP contribution in [0.5, 0.6) is 5.75 Å². The van der Waals surface area contributed by atoms with E-state index in [1.165, 1.54) is 31.4 Å². The van der Waals surface area contributed by atoms with Gasteiger partial charge in [-0.3, -0.25) is 0 Å². The second-order valence-electron chi connectivity index (χ2n) is 5.59. The number of amides is 2. The minimum Gasteiger partial charge on any atom is -0.497 e. The Morgan fingerprint density at radius 3 is 2.27 bits per heavy atom.